The summed E-state index contributed by atoms with van der Waals surface area (Å²) in [6.45, 7) is 4.73. The second-order valence-corrected chi connectivity index (χ2v) is 17.1. The van der Waals surface area contributed by atoms with Gasteiger partial charge in [0, 0.05) is 18.9 Å². The molecule has 0 aromatic heterocycles. The van der Waals surface area contributed by atoms with Crippen molar-refractivity contribution in [2.75, 3.05) is 25.1 Å². The van der Waals surface area contributed by atoms with Gasteiger partial charge in [0.1, 0.15) is 35.1 Å². The SMILES string of the molecule is CC(C)(C)OC(=O)NC1COCCC/C=C\C2CC2(C(=O)NS(=O)(=O)C2CC2)NC(=O)C2CC(OC(=O)Nc3ccccc3Oc3ccccc3)CN2C1=O. The second kappa shape index (κ2) is 16.3. The highest BCUT2D eigenvalue weighted by molar-refractivity contribution is 7.91. The van der Waals surface area contributed by atoms with Gasteiger partial charge in [-0.3, -0.25) is 24.4 Å². The number of sulfonamides is 1. The van der Waals surface area contributed by atoms with Gasteiger partial charge in [0.2, 0.25) is 21.8 Å². The molecule has 17 heteroatoms. The monoisotopic (exact) mass is 781 g/mol. The molecule has 5 amide bonds. The molecule has 2 heterocycles. The Hall–Kier alpha value is -5.16. The molecule has 55 heavy (non-hydrogen) atoms. The molecule has 0 bridgehead atoms. The van der Waals surface area contributed by atoms with Crippen LogP contribution in [-0.4, -0.2) is 97.6 Å². The van der Waals surface area contributed by atoms with E-state index in [2.05, 4.69) is 20.7 Å². The fraction of sp³-hybridized carbons (Fsp3) is 0.500. The van der Waals surface area contributed by atoms with E-state index >= 15 is 0 Å². The highest BCUT2D eigenvalue weighted by Gasteiger charge is 2.62. The Kier molecular flexibility index (Phi) is 11.7. The van der Waals surface area contributed by atoms with Gasteiger partial charge in [-0.1, -0.05) is 42.5 Å². The highest BCUT2D eigenvalue weighted by Crippen LogP contribution is 2.46. The fourth-order valence-corrected chi connectivity index (χ4v) is 7.86. The third-order valence-electron chi connectivity index (χ3n) is 9.48. The molecule has 6 rings (SSSR count). The van der Waals surface area contributed by atoms with Crippen molar-refractivity contribution >= 4 is 45.6 Å². The Bertz CT molecular complexity index is 1910. The molecular weight excluding hydrogens is 735 g/mol. The predicted molar refractivity (Wildman–Crippen MR) is 198 cm³/mol. The van der Waals surface area contributed by atoms with Gasteiger partial charge in [-0.05, 0) is 77.1 Å². The topological polar surface area (TPSA) is 208 Å². The van der Waals surface area contributed by atoms with Crippen molar-refractivity contribution in [1.82, 2.24) is 20.3 Å². The minimum absolute atomic E-state index is 0.133. The Morgan fingerprint density at radius 2 is 1.73 bits per heavy atom. The average Bonchev–Trinajstić information content (AvgIpc) is 4.04. The van der Waals surface area contributed by atoms with Crippen molar-refractivity contribution in [1.29, 1.82) is 0 Å². The summed E-state index contributed by atoms with van der Waals surface area (Å²) < 4.78 is 50.6. The maximum absolute atomic E-state index is 14.3. The minimum Gasteiger partial charge on any atom is -0.455 e. The van der Waals surface area contributed by atoms with E-state index in [0.29, 0.717) is 42.9 Å². The first-order valence-electron chi connectivity index (χ1n) is 18.4. The Morgan fingerprint density at radius 3 is 2.45 bits per heavy atom. The number of para-hydroxylation sites is 3. The zero-order valence-electron chi connectivity index (χ0n) is 30.9. The smallest absolute Gasteiger partial charge is 0.412 e. The van der Waals surface area contributed by atoms with Crippen LogP contribution in [0.5, 0.6) is 11.5 Å². The molecule has 2 saturated carbocycles. The van der Waals surface area contributed by atoms with E-state index in [1.807, 2.05) is 12.1 Å². The molecule has 3 fully saturated rings. The predicted octanol–water partition coefficient (Wildman–Crippen LogP) is 3.74. The van der Waals surface area contributed by atoms with Crippen LogP contribution in [0.25, 0.3) is 0 Å². The van der Waals surface area contributed by atoms with Crippen LogP contribution in [0.3, 0.4) is 0 Å². The van der Waals surface area contributed by atoms with Crippen molar-refractivity contribution in [2.24, 2.45) is 5.92 Å². The molecule has 0 radical (unpaired) electrons. The second-order valence-electron chi connectivity index (χ2n) is 15.1. The van der Waals surface area contributed by atoms with Crippen LogP contribution in [0.15, 0.2) is 66.7 Å². The van der Waals surface area contributed by atoms with Crippen LogP contribution in [0.4, 0.5) is 15.3 Å². The van der Waals surface area contributed by atoms with E-state index in [-0.39, 0.29) is 32.6 Å². The molecule has 16 nitrogen and oxygen atoms in total. The number of allylic oxidation sites excluding steroid dienone is 1. The normalized spacial score (nSPS) is 26.4. The number of hydrogen-bond donors (Lipinski definition) is 4. The zero-order valence-corrected chi connectivity index (χ0v) is 31.8. The summed E-state index contributed by atoms with van der Waals surface area (Å²) in [5.74, 6) is -1.97. The number of ether oxygens (including phenoxy) is 4. The van der Waals surface area contributed by atoms with Gasteiger partial charge in [-0.2, -0.15) is 0 Å². The number of anilines is 1. The number of hydrogen-bond acceptors (Lipinski definition) is 11. The van der Waals surface area contributed by atoms with E-state index in [1.54, 1.807) is 75.4 Å². The fourth-order valence-electron chi connectivity index (χ4n) is 6.50. The van der Waals surface area contributed by atoms with Crippen LogP contribution in [-0.2, 0) is 38.6 Å². The molecule has 2 aromatic carbocycles. The van der Waals surface area contributed by atoms with Crippen molar-refractivity contribution in [2.45, 2.75) is 93.9 Å². The summed E-state index contributed by atoms with van der Waals surface area (Å²) in [7, 11) is -3.94. The maximum Gasteiger partial charge on any atom is 0.412 e. The highest BCUT2D eigenvalue weighted by atomic mass is 32.2. The van der Waals surface area contributed by atoms with Crippen LogP contribution >= 0.6 is 0 Å². The molecule has 4 N–H and O–H groups in total. The van der Waals surface area contributed by atoms with Crippen molar-refractivity contribution in [3.05, 3.63) is 66.7 Å². The van der Waals surface area contributed by atoms with Gasteiger partial charge in [0.25, 0.3) is 5.91 Å². The van der Waals surface area contributed by atoms with Crippen LogP contribution in [0.2, 0.25) is 0 Å². The summed E-state index contributed by atoms with van der Waals surface area (Å²) in [6, 6.07) is 13.1. The first-order valence-corrected chi connectivity index (χ1v) is 19.9. The molecule has 296 valence electrons. The molecule has 2 aliphatic carbocycles. The van der Waals surface area contributed by atoms with Crippen molar-refractivity contribution < 1.29 is 51.3 Å². The largest absolute Gasteiger partial charge is 0.455 e. The number of carbonyl (C=O) groups is 5. The summed E-state index contributed by atoms with van der Waals surface area (Å²) in [4.78, 5) is 69.5. The Balaban J connectivity index is 1.24. The number of alkyl carbamates (subject to hydrolysis) is 1. The number of amides is 5. The standard InChI is InChI=1S/C38H47N5O11S/c1-37(2,3)54-36(48)40-29-23-51-19-11-5-6-12-24-21-38(24,34(46)42-55(49,50)27-17-18-27)41-32(44)30-20-26(22-43(30)33(29)45)53-35(47)39-28-15-9-10-16-31(28)52-25-13-7-4-8-14-25/h4,6-10,12-16,24,26-27,29-30H,5,11,17-23H2,1-3H3,(H,39,47)(H,40,48)(H,41,44)(H,42,46)/b12-6-. The number of fused-ring (bicyclic) bond motifs is 2. The first kappa shape index (κ1) is 39.5. The average molecular weight is 782 g/mol. The first-order chi connectivity index (χ1) is 26.1. The van der Waals surface area contributed by atoms with Gasteiger partial charge in [0.15, 0.2) is 5.75 Å². The molecule has 2 aromatic rings. The minimum atomic E-state index is -3.94. The third kappa shape index (κ3) is 10.1. The van der Waals surface area contributed by atoms with Gasteiger partial charge >= 0.3 is 12.2 Å². The van der Waals surface area contributed by atoms with E-state index in [4.69, 9.17) is 18.9 Å². The van der Waals surface area contributed by atoms with Crippen LogP contribution < -0.4 is 25.4 Å². The lowest BCUT2D eigenvalue weighted by Crippen LogP contribution is -2.59. The number of nitrogens with zero attached hydrogens (tertiary/aromatic N) is 1. The van der Waals surface area contributed by atoms with Crippen LogP contribution in [0.1, 0.15) is 59.3 Å². The number of nitrogens with one attached hydrogen (secondary N) is 4. The molecule has 2 aliphatic heterocycles. The quantitative estimate of drug-likeness (QED) is 0.284. The summed E-state index contributed by atoms with van der Waals surface area (Å²) in [5.41, 5.74) is -2.16. The molecule has 5 atom stereocenters. The lowest BCUT2D eigenvalue weighted by Gasteiger charge is -2.30. The summed E-state index contributed by atoms with van der Waals surface area (Å²) in [5, 5.41) is 7.32. The van der Waals surface area contributed by atoms with Gasteiger partial charge < -0.3 is 34.5 Å². The van der Waals surface area contributed by atoms with Gasteiger partial charge in [-0.15, -0.1) is 0 Å². The molecule has 1 saturated heterocycles. The Morgan fingerprint density at radius 1 is 1.00 bits per heavy atom. The van der Waals surface area contributed by atoms with Crippen LogP contribution in [0, 0.1) is 5.92 Å². The third-order valence-corrected chi connectivity index (χ3v) is 11.3. The van der Waals surface area contributed by atoms with E-state index in [9.17, 15) is 32.4 Å². The number of carbonyl (C=O) groups excluding carboxylic acids is 5. The van der Waals surface area contributed by atoms with E-state index in [1.165, 1.54) is 4.90 Å². The molecule has 4 aliphatic rings. The maximum atomic E-state index is 14.3. The number of benzene rings is 2. The van der Waals surface area contributed by atoms with E-state index in [0.717, 1.165) is 0 Å². The Labute approximate surface area is 319 Å². The van der Waals surface area contributed by atoms with Crippen molar-refractivity contribution in [3.8, 4) is 11.5 Å². The lowest BCUT2D eigenvalue weighted by molar-refractivity contribution is -0.142. The van der Waals surface area contributed by atoms with Gasteiger partial charge in [-0.25, -0.2) is 18.0 Å². The van der Waals surface area contributed by atoms with E-state index < -0.39 is 80.4 Å². The molecule has 5 unspecified atom stereocenters. The molecule has 0 spiro atoms. The zero-order chi connectivity index (χ0) is 39.4. The lowest BCUT2D eigenvalue weighted by atomic mass is 10.1. The van der Waals surface area contributed by atoms with Crippen molar-refractivity contribution in [3.63, 3.8) is 0 Å². The summed E-state index contributed by atoms with van der Waals surface area (Å²) >= 11 is 0. The summed E-state index contributed by atoms with van der Waals surface area (Å²) in [6.07, 6.45) is 2.73. The number of rotatable bonds is 8. The van der Waals surface area contributed by atoms with Gasteiger partial charge in [0.05, 0.1) is 24.1 Å². The molecular formula is C38H47N5O11S.